The second-order valence-corrected chi connectivity index (χ2v) is 7.12. The first-order chi connectivity index (χ1) is 11.8. The summed E-state index contributed by atoms with van der Waals surface area (Å²) in [5, 5.41) is 0.448. The lowest BCUT2D eigenvalue weighted by molar-refractivity contribution is -0.128. The summed E-state index contributed by atoms with van der Waals surface area (Å²) in [6.07, 6.45) is -0.765. The summed E-state index contributed by atoms with van der Waals surface area (Å²) in [6, 6.07) is 10.6. The molecule has 0 spiro atoms. The SMILES string of the molecule is Cc1cccc(OC(C)C(=O)NNC(=O)c2cc(Cl)ccc2I)c1C. The highest BCUT2D eigenvalue weighted by Gasteiger charge is 2.18. The Morgan fingerprint density at radius 1 is 1.16 bits per heavy atom. The highest BCUT2D eigenvalue weighted by atomic mass is 127. The molecule has 0 aliphatic rings. The number of halogens is 2. The van der Waals surface area contributed by atoms with Gasteiger partial charge in [0.15, 0.2) is 6.10 Å². The summed E-state index contributed by atoms with van der Waals surface area (Å²) in [4.78, 5) is 24.3. The third-order valence-corrected chi connectivity index (χ3v) is 4.88. The van der Waals surface area contributed by atoms with Crippen LogP contribution >= 0.6 is 34.2 Å². The predicted molar refractivity (Wildman–Crippen MR) is 106 cm³/mol. The van der Waals surface area contributed by atoms with E-state index >= 15 is 0 Å². The molecule has 1 atom stereocenters. The number of rotatable bonds is 4. The largest absolute Gasteiger partial charge is 0.481 e. The lowest BCUT2D eigenvalue weighted by Crippen LogP contribution is -2.47. The topological polar surface area (TPSA) is 67.4 Å². The smallest absolute Gasteiger partial charge is 0.279 e. The highest BCUT2D eigenvalue weighted by Crippen LogP contribution is 2.21. The van der Waals surface area contributed by atoms with E-state index in [1.807, 2.05) is 48.6 Å². The van der Waals surface area contributed by atoms with Crippen LogP contribution in [0.2, 0.25) is 5.02 Å². The van der Waals surface area contributed by atoms with Gasteiger partial charge in [0.2, 0.25) is 0 Å². The predicted octanol–water partition coefficient (Wildman–Crippen LogP) is 3.79. The van der Waals surface area contributed by atoms with E-state index in [2.05, 4.69) is 10.9 Å². The van der Waals surface area contributed by atoms with Gasteiger partial charge in [-0.25, -0.2) is 0 Å². The monoisotopic (exact) mass is 472 g/mol. The molecule has 0 fully saturated rings. The number of hydrazine groups is 1. The van der Waals surface area contributed by atoms with E-state index in [-0.39, 0.29) is 0 Å². The van der Waals surface area contributed by atoms with Crippen molar-refractivity contribution >= 4 is 46.0 Å². The first kappa shape index (κ1) is 19.5. The third-order valence-electron chi connectivity index (χ3n) is 3.70. The van der Waals surface area contributed by atoms with Crippen molar-refractivity contribution in [2.75, 3.05) is 0 Å². The van der Waals surface area contributed by atoms with Gasteiger partial charge in [0.05, 0.1) is 5.56 Å². The zero-order valence-electron chi connectivity index (χ0n) is 14.0. The molecule has 25 heavy (non-hydrogen) atoms. The molecule has 5 nitrogen and oxygen atoms in total. The Kier molecular flexibility index (Phi) is 6.66. The molecule has 0 aliphatic carbocycles. The van der Waals surface area contributed by atoms with Gasteiger partial charge in [-0.05, 0) is 78.8 Å². The maximum absolute atomic E-state index is 12.2. The number of amides is 2. The van der Waals surface area contributed by atoms with Crippen molar-refractivity contribution in [3.8, 4) is 5.75 Å². The average molecular weight is 473 g/mol. The zero-order valence-corrected chi connectivity index (χ0v) is 16.9. The molecule has 2 amide bonds. The van der Waals surface area contributed by atoms with Gasteiger partial charge in [-0.2, -0.15) is 0 Å². The minimum absolute atomic E-state index is 0.386. The van der Waals surface area contributed by atoms with Gasteiger partial charge in [-0.15, -0.1) is 0 Å². The van der Waals surface area contributed by atoms with Crippen LogP contribution in [0.25, 0.3) is 0 Å². The van der Waals surface area contributed by atoms with E-state index in [0.717, 1.165) is 14.7 Å². The van der Waals surface area contributed by atoms with E-state index in [1.54, 1.807) is 31.2 Å². The number of hydrogen-bond acceptors (Lipinski definition) is 3. The van der Waals surface area contributed by atoms with Crippen LogP contribution in [0.1, 0.15) is 28.4 Å². The van der Waals surface area contributed by atoms with Gasteiger partial charge in [0.25, 0.3) is 11.8 Å². The number of ether oxygens (including phenoxy) is 1. The van der Waals surface area contributed by atoms with Gasteiger partial charge in [-0.3, -0.25) is 20.4 Å². The first-order valence-corrected chi connectivity index (χ1v) is 9.03. The number of aryl methyl sites for hydroxylation is 1. The van der Waals surface area contributed by atoms with Gasteiger partial charge >= 0.3 is 0 Å². The molecule has 0 heterocycles. The number of carbonyl (C=O) groups is 2. The van der Waals surface area contributed by atoms with Gasteiger partial charge in [-0.1, -0.05) is 23.7 Å². The molecule has 2 aromatic carbocycles. The second-order valence-electron chi connectivity index (χ2n) is 5.53. The summed E-state index contributed by atoms with van der Waals surface area (Å²) in [7, 11) is 0. The third kappa shape index (κ3) is 5.09. The van der Waals surface area contributed by atoms with E-state index in [1.165, 1.54) is 0 Å². The molecule has 1 unspecified atom stereocenters. The van der Waals surface area contributed by atoms with Crippen LogP contribution in [0.5, 0.6) is 5.75 Å². The van der Waals surface area contributed by atoms with Crippen LogP contribution in [0.4, 0.5) is 0 Å². The minimum Gasteiger partial charge on any atom is -0.481 e. The van der Waals surface area contributed by atoms with Crippen LogP contribution in [0, 0.1) is 17.4 Å². The van der Waals surface area contributed by atoms with Gasteiger partial charge in [0, 0.05) is 8.59 Å². The second kappa shape index (κ2) is 8.53. The molecule has 0 aromatic heterocycles. The fourth-order valence-corrected chi connectivity index (χ4v) is 2.81. The van der Waals surface area contributed by atoms with Gasteiger partial charge in [0.1, 0.15) is 5.75 Å². The molecule has 2 aromatic rings. The van der Waals surface area contributed by atoms with E-state index < -0.39 is 17.9 Å². The highest BCUT2D eigenvalue weighted by molar-refractivity contribution is 14.1. The van der Waals surface area contributed by atoms with Crippen molar-refractivity contribution in [3.05, 3.63) is 61.7 Å². The molecule has 0 bridgehead atoms. The summed E-state index contributed by atoms with van der Waals surface area (Å²) < 4.78 is 6.41. The molecular weight excluding hydrogens is 455 g/mol. The number of hydrogen-bond donors (Lipinski definition) is 2. The summed E-state index contributed by atoms with van der Waals surface area (Å²) >= 11 is 7.93. The van der Waals surface area contributed by atoms with Crippen molar-refractivity contribution < 1.29 is 14.3 Å². The van der Waals surface area contributed by atoms with Crippen molar-refractivity contribution in [2.24, 2.45) is 0 Å². The number of benzene rings is 2. The number of nitrogens with one attached hydrogen (secondary N) is 2. The van der Waals surface area contributed by atoms with Crippen LogP contribution in [0.3, 0.4) is 0 Å². The molecule has 0 saturated heterocycles. The maximum Gasteiger partial charge on any atom is 0.279 e. The maximum atomic E-state index is 12.2. The molecule has 0 radical (unpaired) electrons. The fraction of sp³-hybridized carbons (Fsp3) is 0.222. The van der Waals surface area contributed by atoms with E-state index in [9.17, 15) is 9.59 Å². The summed E-state index contributed by atoms with van der Waals surface area (Å²) in [6.45, 7) is 5.52. The van der Waals surface area contributed by atoms with Gasteiger partial charge < -0.3 is 4.74 Å². The Morgan fingerprint density at radius 2 is 1.88 bits per heavy atom. The minimum atomic E-state index is -0.765. The van der Waals surface area contributed by atoms with Crippen molar-refractivity contribution in [2.45, 2.75) is 26.9 Å². The fourth-order valence-electron chi connectivity index (χ4n) is 2.05. The van der Waals surface area contributed by atoms with Crippen LogP contribution in [-0.4, -0.2) is 17.9 Å². The Bertz CT molecular complexity index is 811. The normalized spacial score (nSPS) is 11.6. The Balaban J connectivity index is 1.96. The molecule has 0 aliphatic heterocycles. The summed E-state index contributed by atoms with van der Waals surface area (Å²) in [5.41, 5.74) is 7.18. The standard InChI is InChI=1S/C18H18ClIN2O3/c1-10-5-4-6-16(11(10)2)25-12(3)17(23)21-22-18(24)14-9-13(19)7-8-15(14)20/h4-9,12H,1-3H3,(H,21,23)(H,22,24). The lowest BCUT2D eigenvalue weighted by atomic mass is 10.1. The molecular formula is C18H18ClIN2O3. The molecule has 7 heteroatoms. The van der Waals surface area contributed by atoms with Crippen LogP contribution in [-0.2, 0) is 4.79 Å². The van der Waals surface area contributed by atoms with E-state index in [4.69, 9.17) is 16.3 Å². The molecule has 132 valence electrons. The van der Waals surface area contributed by atoms with Crippen LogP contribution in [0.15, 0.2) is 36.4 Å². The van der Waals surface area contributed by atoms with Crippen molar-refractivity contribution in [1.29, 1.82) is 0 Å². The summed E-state index contributed by atoms with van der Waals surface area (Å²) in [5.74, 6) is -0.260. The molecule has 2 rings (SSSR count). The van der Waals surface area contributed by atoms with Crippen molar-refractivity contribution in [3.63, 3.8) is 0 Å². The van der Waals surface area contributed by atoms with E-state index in [0.29, 0.717) is 16.3 Å². The molecule has 0 saturated carbocycles. The quantitative estimate of drug-likeness (QED) is 0.526. The molecule has 2 N–H and O–H groups in total. The van der Waals surface area contributed by atoms with Crippen LogP contribution < -0.4 is 15.6 Å². The lowest BCUT2D eigenvalue weighted by Gasteiger charge is -2.17. The first-order valence-electron chi connectivity index (χ1n) is 7.57. The Morgan fingerprint density at radius 3 is 2.60 bits per heavy atom. The number of carbonyl (C=O) groups excluding carboxylic acids is 2. The Labute approximate surface area is 165 Å². The Hall–Kier alpha value is -1.80. The average Bonchev–Trinajstić information content (AvgIpc) is 2.58. The zero-order chi connectivity index (χ0) is 18.6. The van der Waals surface area contributed by atoms with Crippen molar-refractivity contribution in [1.82, 2.24) is 10.9 Å².